The van der Waals surface area contributed by atoms with Gasteiger partial charge in [-0.05, 0) is 61.8 Å². The van der Waals surface area contributed by atoms with Crippen molar-refractivity contribution >= 4 is 0 Å². The van der Waals surface area contributed by atoms with E-state index < -0.39 is 0 Å². The highest BCUT2D eigenvalue weighted by Crippen LogP contribution is 2.33. The molecular weight excluding hydrogens is 224 g/mol. The smallest absolute Gasteiger partial charge is 0.119 e. The van der Waals surface area contributed by atoms with Gasteiger partial charge in [-0.15, -0.1) is 6.58 Å². The van der Waals surface area contributed by atoms with Crippen molar-refractivity contribution in [3.63, 3.8) is 0 Å². The number of rotatable bonds is 7. The number of benzene rings is 1. The molecule has 2 heteroatoms. The van der Waals surface area contributed by atoms with E-state index in [2.05, 4.69) is 12.6 Å². The summed E-state index contributed by atoms with van der Waals surface area (Å²) in [4.78, 5) is 0. The molecule has 0 unspecified atom stereocenters. The van der Waals surface area contributed by atoms with Gasteiger partial charge in [0.15, 0.2) is 0 Å². The number of ether oxygens (including phenoxy) is 1. The summed E-state index contributed by atoms with van der Waals surface area (Å²) >= 11 is 0. The van der Waals surface area contributed by atoms with Crippen molar-refractivity contribution in [2.45, 2.75) is 44.6 Å². The second-order valence-electron chi connectivity index (χ2n) is 4.90. The SMILES string of the molecule is C=CCCCCCOc1ccc2c(c1)CC[C@H]2O. The molecule has 0 saturated heterocycles. The monoisotopic (exact) mass is 246 g/mol. The Kier molecular flexibility index (Phi) is 4.82. The number of hydrogen-bond donors (Lipinski definition) is 1. The molecule has 0 aliphatic heterocycles. The van der Waals surface area contributed by atoms with E-state index in [9.17, 15) is 5.11 Å². The number of allylic oxidation sites excluding steroid dienone is 1. The van der Waals surface area contributed by atoms with Crippen LogP contribution in [0.1, 0.15) is 49.3 Å². The van der Waals surface area contributed by atoms with E-state index in [4.69, 9.17) is 4.74 Å². The Morgan fingerprint density at radius 3 is 3.06 bits per heavy atom. The molecule has 0 heterocycles. The third kappa shape index (κ3) is 3.36. The third-order valence-electron chi connectivity index (χ3n) is 3.48. The molecular formula is C16H22O2. The molecule has 2 nitrogen and oxygen atoms in total. The van der Waals surface area contributed by atoms with Gasteiger partial charge in [0.1, 0.15) is 5.75 Å². The van der Waals surface area contributed by atoms with Gasteiger partial charge in [0.25, 0.3) is 0 Å². The summed E-state index contributed by atoms with van der Waals surface area (Å²) in [7, 11) is 0. The molecule has 0 spiro atoms. The second kappa shape index (κ2) is 6.60. The number of hydrogen-bond acceptors (Lipinski definition) is 2. The van der Waals surface area contributed by atoms with Crippen LogP contribution < -0.4 is 4.74 Å². The lowest BCUT2D eigenvalue weighted by Gasteiger charge is -2.09. The Labute approximate surface area is 109 Å². The zero-order chi connectivity index (χ0) is 12.8. The maximum absolute atomic E-state index is 9.72. The summed E-state index contributed by atoms with van der Waals surface area (Å²) < 4.78 is 5.74. The molecule has 0 bridgehead atoms. The molecule has 0 aromatic heterocycles. The maximum atomic E-state index is 9.72. The van der Waals surface area contributed by atoms with Gasteiger partial charge in [-0.25, -0.2) is 0 Å². The quantitative estimate of drug-likeness (QED) is 0.586. The first-order chi connectivity index (χ1) is 8.81. The van der Waals surface area contributed by atoms with Gasteiger partial charge in [-0.1, -0.05) is 12.1 Å². The van der Waals surface area contributed by atoms with Crippen molar-refractivity contribution in [1.29, 1.82) is 0 Å². The molecule has 1 aliphatic carbocycles. The average molecular weight is 246 g/mol. The van der Waals surface area contributed by atoms with Crippen molar-refractivity contribution in [3.8, 4) is 5.75 Å². The fourth-order valence-electron chi connectivity index (χ4n) is 2.42. The molecule has 1 aromatic carbocycles. The number of aliphatic hydroxyl groups excluding tert-OH is 1. The van der Waals surface area contributed by atoms with E-state index in [0.717, 1.165) is 43.6 Å². The average Bonchev–Trinajstić information content (AvgIpc) is 2.75. The van der Waals surface area contributed by atoms with Crippen molar-refractivity contribution in [1.82, 2.24) is 0 Å². The van der Waals surface area contributed by atoms with Gasteiger partial charge in [0.2, 0.25) is 0 Å². The molecule has 98 valence electrons. The van der Waals surface area contributed by atoms with Gasteiger partial charge in [-0.3, -0.25) is 0 Å². The molecule has 1 atom stereocenters. The zero-order valence-corrected chi connectivity index (χ0v) is 10.9. The fraction of sp³-hybridized carbons (Fsp3) is 0.500. The van der Waals surface area contributed by atoms with Crippen molar-refractivity contribution in [3.05, 3.63) is 42.0 Å². The minimum atomic E-state index is -0.270. The highest BCUT2D eigenvalue weighted by Gasteiger charge is 2.20. The largest absolute Gasteiger partial charge is 0.494 e. The van der Waals surface area contributed by atoms with Crippen molar-refractivity contribution in [2.75, 3.05) is 6.61 Å². The van der Waals surface area contributed by atoms with Crippen LogP contribution in [0, 0.1) is 0 Å². The first-order valence-electron chi connectivity index (χ1n) is 6.86. The lowest BCUT2D eigenvalue weighted by atomic mass is 10.1. The van der Waals surface area contributed by atoms with Crippen LogP contribution in [0.2, 0.25) is 0 Å². The van der Waals surface area contributed by atoms with Crippen LogP contribution in [0.15, 0.2) is 30.9 Å². The lowest BCUT2D eigenvalue weighted by molar-refractivity contribution is 0.180. The molecule has 0 amide bonds. The summed E-state index contributed by atoms with van der Waals surface area (Å²) in [6.07, 6.45) is 8.08. The Bertz CT molecular complexity index is 398. The van der Waals surface area contributed by atoms with Gasteiger partial charge in [0.05, 0.1) is 12.7 Å². The van der Waals surface area contributed by atoms with Crippen LogP contribution >= 0.6 is 0 Å². The number of fused-ring (bicyclic) bond motifs is 1. The van der Waals surface area contributed by atoms with Gasteiger partial charge in [0, 0.05) is 0 Å². The van der Waals surface area contributed by atoms with Crippen LogP contribution in [0.5, 0.6) is 5.75 Å². The van der Waals surface area contributed by atoms with Gasteiger partial charge < -0.3 is 9.84 Å². The van der Waals surface area contributed by atoms with E-state index in [1.807, 2.05) is 18.2 Å². The maximum Gasteiger partial charge on any atom is 0.119 e. The van der Waals surface area contributed by atoms with Crippen molar-refractivity contribution in [2.24, 2.45) is 0 Å². The Balaban J connectivity index is 1.75. The van der Waals surface area contributed by atoms with Crippen LogP contribution in [0.4, 0.5) is 0 Å². The standard InChI is InChI=1S/C16H22O2/c1-2-3-4-5-6-11-18-14-8-9-15-13(12-14)7-10-16(15)17/h2,8-9,12,16-17H,1,3-7,10-11H2/t16-/m1/s1. The number of aliphatic hydroxyl groups is 1. The molecule has 1 aromatic rings. The fourth-order valence-corrected chi connectivity index (χ4v) is 2.42. The molecule has 0 fully saturated rings. The van der Waals surface area contributed by atoms with Gasteiger partial charge >= 0.3 is 0 Å². The summed E-state index contributed by atoms with van der Waals surface area (Å²) in [6, 6.07) is 6.05. The lowest BCUT2D eigenvalue weighted by Crippen LogP contribution is -1.98. The highest BCUT2D eigenvalue weighted by atomic mass is 16.5. The summed E-state index contributed by atoms with van der Waals surface area (Å²) in [5, 5.41) is 9.72. The van der Waals surface area contributed by atoms with Crippen LogP contribution in [0.25, 0.3) is 0 Å². The minimum absolute atomic E-state index is 0.270. The summed E-state index contributed by atoms with van der Waals surface area (Å²) in [5.74, 6) is 0.937. The molecule has 1 N–H and O–H groups in total. The van der Waals surface area contributed by atoms with E-state index in [1.54, 1.807) is 0 Å². The topological polar surface area (TPSA) is 29.5 Å². The molecule has 0 radical (unpaired) electrons. The molecule has 2 rings (SSSR count). The summed E-state index contributed by atoms with van der Waals surface area (Å²) in [6.45, 7) is 4.49. The molecule has 1 aliphatic rings. The van der Waals surface area contributed by atoms with E-state index in [1.165, 1.54) is 18.4 Å². The molecule has 0 saturated carbocycles. The van der Waals surface area contributed by atoms with E-state index >= 15 is 0 Å². The van der Waals surface area contributed by atoms with Gasteiger partial charge in [-0.2, -0.15) is 0 Å². The Hall–Kier alpha value is -1.28. The van der Waals surface area contributed by atoms with Crippen LogP contribution in [0.3, 0.4) is 0 Å². The Morgan fingerprint density at radius 1 is 1.33 bits per heavy atom. The van der Waals surface area contributed by atoms with Crippen molar-refractivity contribution < 1.29 is 9.84 Å². The van der Waals surface area contributed by atoms with E-state index in [0.29, 0.717) is 0 Å². The summed E-state index contributed by atoms with van der Waals surface area (Å²) in [5.41, 5.74) is 2.32. The first-order valence-corrected chi connectivity index (χ1v) is 6.86. The predicted octanol–water partition coefficient (Wildman–Crippen LogP) is 3.79. The van der Waals surface area contributed by atoms with Crippen LogP contribution in [-0.2, 0) is 6.42 Å². The zero-order valence-electron chi connectivity index (χ0n) is 10.9. The highest BCUT2D eigenvalue weighted by molar-refractivity contribution is 5.39. The predicted molar refractivity (Wildman–Crippen MR) is 73.9 cm³/mol. The van der Waals surface area contributed by atoms with Crippen LogP contribution in [-0.4, -0.2) is 11.7 Å². The third-order valence-corrected chi connectivity index (χ3v) is 3.48. The second-order valence-corrected chi connectivity index (χ2v) is 4.90. The normalized spacial score (nSPS) is 17.5. The minimum Gasteiger partial charge on any atom is -0.494 e. The Morgan fingerprint density at radius 2 is 2.22 bits per heavy atom. The first kappa shape index (κ1) is 13.2. The molecule has 18 heavy (non-hydrogen) atoms. The van der Waals surface area contributed by atoms with E-state index in [-0.39, 0.29) is 6.10 Å². The number of aryl methyl sites for hydroxylation is 1. The number of unbranched alkanes of at least 4 members (excludes halogenated alkanes) is 3.